The summed E-state index contributed by atoms with van der Waals surface area (Å²) in [6.07, 6.45) is 0.115. The number of halogens is 1. The molecule has 0 bridgehead atoms. The molecule has 0 aliphatic heterocycles. The van der Waals surface area contributed by atoms with Crippen LogP contribution in [0.5, 0.6) is 5.75 Å². The molecule has 2 aromatic rings. The first-order chi connectivity index (χ1) is 8.56. The second kappa shape index (κ2) is 5.32. The number of benzene rings is 2. The van der Waals surface area contributed by atoms with Crippen LogP contribution >= 0.6 is 11.6 Å². The highest BCUT2D eigenvalue weighted by molar-refractivity contribution is 6.30. The summed E-state index contributed by atoms with van der Waals surface area (Å²) in [7, 11) is 0. The van der Waals surface area contributed by atoms with E-state index in [1.807, 2.05) is 56.3 Å². The van der Waals surface area contributed by atoms with Gasteiger partial charge in [-0.15, -0.1) is 0 Å². The van der Waals surface area contributed by atoms with Crippen LogP contribution in [0, 0.1) is 0 Å². The van der Waals surface area contributed by atoms with Gasteiger partial charge in [0.1, 0.15) is 5.75 Å². The van der Waals surface area contributed by atoms with Crippen molar-refractivity contribution in [3.63, 3.8) is 0 Å². The third-order valence-corrected chi connectivity index (χ3v) is 2.77. The molecule has 0 spiro atoms. The zero-order chi connectivity index (χ0) is 13.1. The summed E-state index contributed by atoms with van der Waals surface area (Å²) in [5, 5.41) is 0.716. The van der Waals surface area contributed by atoms with Gasteiger partial charge in [0, 0.05) is 5.02 Å². The van der Waals surface area contributed by atoms with Crippen molar-refractivity contribution in [3.8, 4) is 16.9 Å². The van der Waals surface area contributed by atoms with Gasteiger partial charge in [0.05, 0.1) is 11.8 Å². The molecule has 0 saturated carbocycles. The average Bonchev–Trinajstić information content (AvgIpc) is 2.31. The number of hydrogen-bond donors (Lipinski definition) is 1. The molecule has 0 unspecified atom stereocenters. The molecule has 2 aromatic carbocycles. The van der Waals surface area contributed by atoms with E-state index < -0.39 is 0 Å². The van der Waals surface area contributed by atoms with Crippen LogP contribution in [-0.4, -0.2) is 6.10 Å². The summed E-state index contributed by atoms with van der Waals surface area (Å²) in [5.74, 6) is 0.718. The van der Waals surface area contributed by atoms with Gasteiger partial charge in [-0.05, 0) is 49.2 Å². The van der Waals surface area contributed by atoms with Crippen LogP contribution in [0.4, 0.5) is 5.69 Å². The number of rotatable bonds is 3. The summed E-state index contributed by atoms with van der Waals surface area (Å²) in [6.45, 7) is 3.95. The van der Waals surface area contributed by atoms with Gasteiger partial charge in [-0.3, -0.25) is 0 Å². The Morgan fingerprint density at radius 3 is 2.39 bits per heavy atom. The van der Waals surface area contributed by atoms with Gasteiger partial charge in [0.25, 0.3) is 0 Å². The van der Waals surface area contributed by atoms with Gasteiger partial charge in [-0.25, -0.2) is 0 Å². The lowest BCUT2D eigenvalue weighted by molar-refractivity contribution is 0.244. The van der Waals surface area contributed by atoms with Gasteiger partial charge < -0.3 is 10.5 Å². The van der Waals surface area contributed by atoms with Crippen molar-refractivity contribution in [1.29, 1.82) is 0 Å². The minimum Gasteiger partial charge on any atom is -0.489 e. The summed E-state index contributed by atoms with van der Waals surface area (Å²) in [6, 6.07) is 13.5. The maximum atomic E-state index is 5.99. The number of ether oxygens (including phenoxy) is 1. The minimum absolute atomic E-state index is 0.115. The van der Waals surface area contributed by atoms with Crippen LogP contribution in [0.2, 0.25) is 5.02 Å². The molecule has 18 heavy (non-hydrogen) atoms. The van der Waals surface area contributed by atoms with Crippen LogP contribution in [0.25, 0.3) is 11.1 Å². The number of nitrogens with two attached hydrogens (primary N) is 1. The normalized spacial score (nSPS) is 10.7. The van der Waals surface area contributed by atoms with Crippen molar-refractivity contribution in [2.24, 2.45) is 0 Å². The van der Waals surface area contributed by atoms with Crippen LogP contribution in [0.3, 0.4) is 0 Å². The molecular formula is C15H16ClNO. The monoisotopic (exact) mass is 261 g/mol. The molecule has 0 saturated heterocycles. The lowest BCUT2D eigenvalue weighted by Gasteiger charge is -2.13. The van der Waals surface area contributed by atoms with E-state index >= 15 is 0 Å². The standard InChI is InChI=1S/C15H16ClNO/c1-10(2)18-15-7-6-12(9-14(15)17)11-4-3-5-13(16)8-11/h3-10H,17H2,1-2H3. The number of hydrogen-bond acceptors (Lipinski definition) is 2. The fraction of sp³-hybridized carbons (Fsp3) is 0.200. The van der Waals surface area contributed by atoms with Crippen molar-refractivity contribution in [2.75, 3.05) is 5.73 Å². The molecule has 0 aliphatic carbocycles. The third kappa shape index (κ3) is 2.96. The second-order valence-electron chi connectivity index (χ2n) is 4.43. The molecule has 0 radical (unpaired) electrons. The lowest BCUT2D eigenvalue weighted by Crippen LogP contribution is -2.07. The summed E-state index contributed by atoms with van der Waals surface area (Å²) >= 11 is 5.98. The van der Waals surface area contributed by atoms with E-state index in [4.69, 9.17) is 22.1 Å². The molecule has 0 fully saturated rings. The Labute approximate surface area is 112 Å². The first kappa shape index (κ1) is 12.8. The first-order valence-electron chi connectivity index (χ1n) is 5.88. The van der Waals surface area contributed by atoms with E-state index in [-0.39, 0.29) is 6.10 Å². The second-order valence-corrected chi connectivity index (χ2v) is 4.87. The maximum Gasteiger partial charge on any atom is 0.142 e. The fourth-order valence-electron chi connectivity index (χ4n) is 1.76. The zero-order valence-electron chi connectivity index (χ0n) is 10.5. The van der Waals surface area contributed by atoms with Gasteiger partial charge >= 0.3 is 0 Å². The van der Waals surface area contributed by atoms with Gasteiger partial charge in [-0.1, -0.05) is 29.8 Å². The SMILES string of the molecule is CC(C)Oc1ccc(-c2cccc(Cl)c2)cc1N. The molecule has 94 valence electrons. The molecule has 2 N–H and O–H groups in total. The van der Waals surface area contributed by atoms with Crippen molar-refractivity contribution in [1.82, 2.24) is 0 Å². The van der Waals surface area contributed by atoms with E-state index in [0.29, 0.717) is 10.7 Å². The summed E-state index contributed by atoms with van der Waals surface area (Å²) in [4.78, 5) is 0. The molecule has 0 atom stereocenters. The van der Waals surface area contributed by atoms with Crippen molar-refractivity contribution >= 4 is 17.3 Å². The molecule has 0 aliphatic rings. The van der Waals surface area contributed by atoms with Crippen molar-refractivity contribution in [3.05, 3.63) is 47.5 Å². The molecule has 0 aromatic heterocycles. The van der Waals surface area contributed by atoms with E-state index in [1.54, 1.807) is 0 Å². The fourth-order valence-corrected chi connectivity index (χ4v) is 1.95. The Bertz CT molecular complexity index is 552. The molecule has 2 nitrogen and oxygen atoms in total. The molecule has 0 amide bonds. The quantitative estimate of drug-likeness (QED) is 0.833. The van der Waals surface area contributed by atoms with E-state index in [1.165, 1.54) is 0 Å². The first-order valence-corrected chi connectivity index (χ1v) is 6.26. The maximum absolute atomic E-state index is 5.99. The Morgan fingerprint density at radius 2 is 1.78 bits per heavy atom. The Hall–Kier alpha value is -1.67. The van der Waals surface area contributed by atoms with Crippen molar-refractivity contribution in [2.45, 2.75) is 20.0 Å². The van der Waals surface area contributed by atoms with Crippen LogP contribution in [-0.2, 0) is 0 Å². The predicted octanol–water partition coefficient (Wildman–Crippen LogP) is 4.38. The lowest BCUT2D eigenvalue weighted by atomic mass is 10.0. The highest BCUT2D eigenvalue weighted by Crippen LogP contribution is 2.30. The Kier molecular flexibility index (Phi) is 3.78. The molecule has 3 heteroatoms. The largest absolute Gasteiger partial charge is 0.489 e. The molecule has 0 heterocycles. The van der Waals surface area contributed by atoms with Gasteiger partial charge in [0.15, 0.2) is 0 Å². The van der Waals surface area contributed by atoms with Crippen LogP contribution in [0.1, 0.15) is 13.8 Å². The number of anilines is 1. The van der Waals surface area contributed by atoms with Crippen molar-refractivity contribution < 1.29 is 4.74 Å². The third-order valence-electron chi connectivity index (χ3n) is 2.53. The Balaban J connectivity index is 2.34. The van der Waals surface area contributed by atoms with E-state index in [2.05, 4.69) is 0 Å². The zero-order valence-corrected chi connectivity index (χ0v) is 11.2. The van der Waals surface area contributed by atoms with Crippen LogP contribution in [0.15, 0.2) is 42.5 Å². The topological polar surface area (TPSA) is 35.2 Å². The van der Waals surface area contributed by atoms with Gasteiger partial charge in [0.2, 0.25) is 0 Å². The predicted molar refractivity (Wildman–Crippen MR) is 77.1 cm³/mol. The molecule has 2 rings (SSSR count). The minimum atomic E-state index is 0.115. The van der Waals surface area contributed by atoms with Gasteiger partial charge in [-0.2, -0.15) is 0 Å². The number of nitrogen functional groups attached to an aromatic ring is 1. The molecular weight excluding hydrogens is 246 g/mol. The highest BCUT2D eigenvalue weighted by Gasteiger charge is 2.05. The Morgan fingerprint density at radius 1 is 1.06 bits per heavy atom. The smallest absolute Gasteiger partial charge is 0.142 e. The van der Waals surface area contributed by atoms with E-state index in [0.717, 1.165) is 16.9 Å². The summed E-state index contributed by atoms with van der Waals surface area (Å²) in [5.41, 5.74) is 8.71. The highest BCUT2D eigenvalue weighted by atomic mass is 35.5. The van der Waals surface area contributed by atoms with E-state index in [9.17, 15) is 0 Å². The summed E-state index contributed by atoms with van der Waals surface area (Å²) < 4.78 is 5.61. The van der Waals surface area contributed by atoms with Crippen LogP contribution < -0.4 is 10.5 Å². The average molecular weight is 262 g/mol.